The highest BCUT2D eigenvalue weighted by atomic mass is 15.3. The molecule has 0 aromatic heterocycles. The Labute approximate surface area is 96.1 Å². The van der Waals surface area contributed by atoms with E-state index in [1.54, 1.807) is 0 Å². The number of hydrogen-bond acceptors (Lipinski definition) is 0. The molecule has 0 amide bonds. The van der Waals surface area contributed by atoms with Crippen molar-refractivity contribution < 1.29 is 4.48 Å². The van der Waals surface area contributed by atoms with Gasteiger partial charge in [-0.2, -0.15) is 0 Å². The first-order valence-electron chi connectivity index (χ1n) is 6.31. The van der Waals surface area contributed by atoms with Crippen LogP contribution < -0.4 is 0 Å². The maximum Gasteiger partial charge on any atom is 0.0973 e. The molecule has 0 aliphatic carbocycles. The molecule has 1 nitrogen and oxygen atoms in total. The molecule has 15 heavy (non-hydrogen) atoms. The van der Waals surface area contributed by atoms with Crippen LogP contribution in [0.1, 0.15) is 39.5 Å². The summed E-state index contributed by atoms with van der Waals surface area (Å²) >= 11 is 0. The molecular weight excluding hydrogens is 182 g/mol. The molecule has 0 bridgehead atoms. The minimum absolute atomic E-state index is 1.09. The molecule has 1 heteroatoms. The number of quaternary nitrogens is 1. The van der Waals surface area contributed by atoms with Crippen molar-refractivity contribution in [2.24, 2.45) is 0 Å². The summed E-state index contributed by atoms with van der Waals surface area (Å²) in [5, 5.41) is 0. The van der Waals surface area contributed by atoms with Gasteiger partial charge in [-0.1, -0.05) is 39.8 Å². The van der Waals surface area contributed by atoms with E-state index in [0.717, 1.165) is 17.6 Å². The molecule has 0 N–H and O–H groups in total. The van der Waals surface area contributed by atoms with Gasteiger partial charge in [0, 0.05) is 0 Å². The second-order valence-electron chi connectivity index (χ2n) is 4.44. The van der Waals surface area contributed by atoms with Gasteiger partial charge in [-0.05, 0) is 25.0 Å². The van der Waals surface area contributed by atoms with Gasteiger partial charge in [0.1, 0.15) is 0 Å². The lowest BCUT2D eigenvalue weighted by Crippen LogP contribution is -2.49. The normalized spacial score (nSPS) is 11.3. The van der Waals surface area contributed by atoms with Crippen LogP contribution in [0.25, 0.3) is 0 Å². The van der Waals surface area contributed by atoms with Crippen LogP contribution in [0.2, 0.25) is 0 Å². The van der Waals surface area contributed by atoms with Crippen molar-refractivity contribution in [2.45, 2.75) is 39.5 Å². The van der Waals surface area contributed by atoms with Gasteiger partial charge in [0.05, 0.1) is 26.2 Å². The molecule has 0 aromatic carbocycles. The summed E-state index contributed by atoms with van der Waals surface area (Å²) in [5.74, 6) is 0. The van der Waals surface area contributed by atoms with Crippen molar-refractivity contribution in [1.82, 2.24) is 0 Å². The van der Waals surface area contributed by atoms with E-state index in [4.69, 9.17) is 0 Å². The van der Waals surface area contributed by atoms with Crippen molar-refractivity contribution in [3.05, 3.63) is 25.3 Å². The predicted molar refractivity (Wildman–Crippen MR) is 69.9 cm³/mol. The third-order valence-corrected chi connectivity index (χ3v) is 3.00. The lowest BCUT2D eigenvalue weighted by molar-refractivity contribution is -0.917. The smallest absolute Gasteiger partial charge is 0.0973 e. The van der Waals surface area contributed by atoms with E-state index >= 15 is 0 Å². The maximum atomic E-state index is 3.89. The highest BCUT2D eigenvalue weighted by Gasteiger charge is 2.22. The van der Waals surface area contributed by atoms with Crippen molar-refractivity contribution in [1.29, 1.82) is 0 Å². The Morgan fingerprint density at radius 2 is 1.27 bits per heavy atom. The lowest BCUT2D eigenvalue weighted by Gasteiger charge is -2.37. The van der Waals surface area contributed by atoms with Crippen LogP contribution in [0, 0.1) is 0 Å². The largest absolute Gasteiger partial charge is 0.317 e. The van der Waals surface area contributed by atoms with Crippen LogP contribution in [0.5, 0.6) is 0 Å². The standard InChI is InChI=1S/C14H28N/c1-5-9-13-15(11-7-3,12-8-4)14-10-6-2/h7-8H,3-6,9-14H2,1-2H3/q+1. The van der Waals surface area contributed by atoms with Gasteiger partial charge >= 0.3 is 0 Å². The van der Waals surface area contributed by atoms with Crippen LogP contribution in [-0.2, 0) is 0 Å². The third-order valence-electron chi connectivity index (χ3n) is 3.00. The molecule has 0 aliphatic rings. The van der Waals surface area contributed by atoms with E-state index < -0.39 is 0 Å². The number of rotatable bonds is 10. The Hall–Kier alpha value is -0.560. The monoisotopic (exact) mass is 210 g/mol. The molecule has 0 aromatic rings. The number of nitrogens with zero attached hydrogens (tertiary/aromatic N) is 1. The minimum atomic E-state index is 1.09. The Morgan fingerprint density at radius 3 is 1.53 bits per heavy atom. The summed E-state index contributed by atoms with van der Waals surface area (Å²) in [5.41, 5.74) is 0. The quantitative estimate of drug-likeness (QED) is 0.380. The second-order valence-corrected chi connectivity index (χ2v) is 4.44. The van der Waals surface area contributed by atoms with Gasteiger partial charge in [0.25, 0.3) is 0 Å². The van der Waals surface area contributed by atoms with Gasteiger partial charge in [0.15, 0.2) is 0 Å². The zero-order chi connectivity index (χ0) is 11.6. The zero-order valence-electron chi connectivity index (χ0n) is 10.7. The van der Waals surface area contributed by atoms with Gasteiger partial charge < -0.3 is 4.48 Å². The zero-order valence-corrected chi connectivity index (χ0v) is 10.7. The average Bonchev–Trinajstić information content (AvgIpc) is 2.24. The molecule has 0 saturated carbocycles. The first-order chi connectivity index (χ1) is 7.24. The van der Waals surface area contributed by atoms with E-state index in [1.807, 2.05) is 0 Å². The van der Waals surface area contributed by atoms with E-state index in [2.05, 4.69) is 39.2 Å². The first-order valence-corrected chi connectivity index (χ1v) is 6.31. The molecule has 88 valence electrons. The van der Waals surface area contributed by atoms with Crippen molar-refractivity contribution in [3.8, 4) is 0 Å². The summed E-state index contributed by atoms with van der Waals surface area (Å²) in [4.78, 5) is 0. The average molecular weight is 210 g/mol. The molecule has 0 spiro atoms. The maximum absolute atomic E-state index is 3.89. The molecule has 0 radical (unpaired) electrons. The molecule has 0 rings (SSSR count). The molecule has 0 aliphatic heterocycles. The fourth-order valence-corrected chi connectivity index (χ4v) is 2.09. The second kappa shape index (κ2) is 8.72. The van der Waals surface area contributed by atoms with E-state index in [0.29, 0.717) is 0 Å². The van der Waals surface area contributed by atoms with Gasteiger partial charge in [-0.25, -0.2) is 0 Å². The van der Waals surface area contributed by atoms with Crippen LogP contribution in [0.15, 0.2) is 25.3 Å². The van der Waals surface area contributed by atoms with Crippen LogP contribution in [-0.4, -0.2) is 30.7 Å². The highest BCUT2D eigenvalue weighted by molar-refractivity contribution is 4.72. The topological polar surface area (TPSA) is 0 Å². The predicted octanol–water partition coefficient (Wildman–Crippen LogP) is 3.78. The fourth-order valence-electron chi connectivity index (χ4n) is 2.09. The van der Waals surface area contributed by atoms with Crippen LogP contribution >= 0.6 is 0 Å². The van der Waals surface area contributed by atoms with Crippen molar-refractivity contribution in [2.75, 3.05) is 26.2 Å². The highest BCUT2D eigenvalue weighted by Crippen LogP contribution is 2.12. The first kappa shape index (κ1) is 14.4. The summed E-state index contributed by atoms with van der Waals surface area (Å²) in [6.07, 6.45) is 9.31. The SMILES string of the molecule is C=CC[N+](CC=C)(CCCC)CCCC. The summed E-state index contributed by atoms with van der Waals surface area (Å²) in [6.45, 7) is 17.0. The molecule has 0 atom stereocenters. The van der Waals surface area contributed by atoms with E-state index in [-0.39, 0.29) is 0 Å². The molecule has 0 unspecified atom stereocenters. The summed E-state index contributed by atoms with van der Waals surface area (Å²) in [6, 6.07) is 0. The van der Waals surface area contributed by atoms with Crippen molar-refractivity contribution >= 4 is 0 Å². The Bertz CT molecular complexity index is 152. The van der Waals surface area contributed by atoms with Crippen LogP contribution in [0.4, 0.5) is 0 Å². The summed E-state index contributed by atoms with van der Waals surface area (Å²) in [7, 11) is 0. The summed E-state index contributed by atoms with van der Waals surface area (Å²) < 4.78 is 1.16. The Balaban J connectivity index is 4.38. The van der Waals surface area contributed by atoms with Gasteiger partial charge in [-0.15, -0.1) is 0 Å². The van der Waals surface area contributed by atoms with Crippen LogP contribution in [0.3, 0.4) is 0 Å². The Morgan fingerprint density at radius 1 is 0.867 bits per heavy atom. The Kier molecular flexibility index (Phi) is 8.40. The lowest BCUT2D eigenvalue weighted by atomic mass is 10.2. The van der Waals surface area contributed by atoms with E-state index in [9.17, 15) is 0 Å². The van der Waals surface area contributed by atoms with Gasteiger partial charge in [0.2, 0.25) is 0 Å². The molecule has 0 heterocycles. The minimum Gasteiger partial charge on any atom is -0.317 e. The number of hydrogen-bond donors (Lipinski definition) is 0. The number of unbranched alkanes of at least 4 members (excludes halogenated alkanes) is 2. The molecular formula is C14H28N+. The fraction of sp³-hybridized carbons (Fsp3) is 0.714. The van der Waals surface area contributed by atoms with Gasteiger partial charge in [-0.3, -0.25) is 0 Å². The van der Waals surface area contributed by atoms with Crippen molar-refractivity contribution in [3.63, 3.8) is 0 Å². The third kappa shape index (κ3) is 5.78. The molecule has 0 saturated heterocycles. The van der Waals surface area contributed by atoms with E-state index in [1.165, 1.54) is 38.8 Å². The molecule has 0 fully saturated rings.